The Labute approximate surface area is 309 Å². The maximum absolute atomic E-state index is 2.44. The standard InChI is InChI=1S/C53H36/c1-53(2)49-32-34-16-4-3-15-33(34)30-47(49)46-28-14-27-39(52(46)53)35-18-13-19-37(29-35)50-42-23-9-11-25-44(42)51(45-26-12-10-24-43(45)50)48-31-36-17-5-6-20-38(36)40-21-7-8-22-41(40)48/h3-32H,1-2H3. The molecule has 0 N–H and O–H groups in total. The highest BCUT2D eigenvalue weighted by Gasteiger charge is 2.38. The zero-order chi connectivity index (χ0) is 35.3. The molecular weight excluding hydrogens is 637 g/mol. The molecule has 0 saturated carbocycles. The summed E-state index contributed by atoms with van der Waals surface area (Å²) < 4.78 is 0. The molecule has 0 aliphatic heterocycles. The molecule has 0 heterocycles. The van der Waals surface area contributed by atoms with Gasteiger partial charge < -0.3 is 0 Å². The fourth-order valence-corrected chi connectivity index (χ4v) is 9.64. The van der Waals surface area contributed by atoms with Gasteiger partial charge in [-0.15, -0.1) is 0 Å². The maximum atomic E-state index is 2.44. The monoisotopic (exact) mass is 672 g/mol. The second-order valence-corrected chi connectivity index (χ2v) is 15.2. The minimum atomic E-state index is -0.134. The van der Waals surface area contributed by atoms with Crippen molar-refractivity contribution < 1.29 is 0 Å². The van der Waals surface area contributed by atoms with E-state index in [1.54, 1.807) is 0 Å². The van der Waals surface area contributed by atoms with Gasteiger partial charge in [0.05, 0.1) is 0 Å². The van der Waals surface area contributed by atoms with Crippen molar-refractivity contribution in [2.75, 3.05) is 0 Å². The number of hydrogen-bond donors (Lipinski definition) is 0. The summed E-state index contributed by atoms with van der Waals surface area (Å²) in [7, 11) is 0. The lowest BCUT2D eigenvalue weighted by atomic mass is 9.78. The summed E-state index contributed by atoms with van der Waals surface area (Å²) in [6, 6.07) is 67.9. The van der Waals surface area contributed by atoms with E-state index in [4.69, 9.17) is 0 Å². The predicted octanol–water partition coefficient (Wildman–Crippen LogP) is 14.8. The van der Waals surface area contributed by atoms with Gasteiger partial charge in [-0.2, -0.15) is 0 Å². The van der Waals surface area contributed by atoms with Gasteiger partial charge in [0.15, 0.2) is 0 Å². The van der Waals surface area contributed by atoms with E-state index in [9.17, 15) is 0 Å². The molecule has 0 fully saturated rings. The number of hydrogen-bond acceptors (Lipinski definition) is 0. The second-order valence-electron chi connectivity index (χ2n) is 15.2. The first-order valence-electron chi connectivity index (χ1n) is 18.7. The molecule has 1 aliphatic rings. The first-order chi connectivity index (χ1) is 26.1. The highest BCUT2D eigenvalue weighted by atomic mass is 14.4. The van der Waals surface area contributed by atoms with Crippen LogP contribution in [0.15, 0.2) is 182 Å². The summed E-state index contributed by atoms with van der Waals surface area (Å²) in [4.78, 5) is 0. The molecule has 0 bridgehead atoms. The van der Waals surface area contributed by atoms with E-state index < -0.39 is 0 Å². The molecule has 0 heteroatoms. The Morgan fingerprint density at radius 3 is 1.49 bits per heavy atom. The molecule has 0 amide bonds. The Bertz CT molecular complexity index is 3080. The highest BCUT2D eigenvalue weighted by molar-refractivity contribution is 6.25. The molecule has 0 radical (unpaired) electrons. The normalized spacial score (nSPS) is 13.2. The summed E-state index contributed by atoms with van der Waals surface area (Å²) in [5, 5.41) is 12.8. The maximum Gasteiger partial charge on any atom is 0.0165 e. The molecule has 11 rings (SSSR count). The fraction of sp³-hybridized carbons (Fsp3) is 0.0566. The first-order valence-corrected chi connectivity index (χ1v) is 18.7. The summed E-state index contributed by atoms with van der Waals surface area (Å²) in [5.41, 5.74) is 13.0. The van der Waals surface area contributed by atoms with Crippen molar-refractivity contribution >= 4 is 53.9 Å². The van der Waals surface area contributed by atoms with Crippen molar-refractivity contribution in [1.29, 1.82) is 0 Å². The van der Waals surface area contributed by atoms with Gasteiger partial charge in [0, 0.05) is 5.41 Å². The molecule has 0 nitrogen and oxygen atoms in total. The van der Waals surface area contributed by atoms with E-state index in [-0.39, 0.29) is 5.41 Å². The predicted molar refractivity (Wildman–Crippen MR) is 228 cm³/mol. The Kier molecular flexibility index (Phi) is 6.40. The molecule has 10 aromatic carbocycles. The van der Waals surface area contributed by atoms with Crippen LogP contribution in [-0.4, -0.2) is 0 Å². The molecular formula is C53H36. The van der Waals surface area contributed by atoms with Crippen LogP contribution in [0.3, 0.4) is 0 Å². The minimum Gasteiger partial charge on any atom is -0.0616 e. The average molecular weight is 673 g/mol. The first kappa shape index (κ1) is 30.2. The van der Waals surface area contributed by atoms with Gasteiger partial charge in [0.1, 0.15) is 0 Å². The molecule has 1 aliphatic carbocycles. The third-order valence-electron chi connectivity index (χ3n) is 12.0. The van der Waals surface area contributed by atoms with E-state index in [0.717, 1.165) is 0 Å². The summed E-state index contributed by atoms with van der Waals surface area (Å²) in [5.74, 6) is 0. The van der Waals surface area contributed by atoms with Crippen LogP contribution < -0.4 is 0 Å². The third-order valence-corrected chi connectivity index (χ3v) is 12.0. The van der Waals surface area contributed by atoms with Gasteiger partial charge in [0.25, 0.3) is 0 Å². The Morgan fingerprint density at radius 1 is 0.302 bits per heavy atom. The quantitative estimate of drug-likeness (QED) is 0.129. The van der Waals surface area contributed by atoms with Crippen LogP contribution in [0.1, 0.15) is 25.0 Å². The lowest BCUT2D eigenvalue weighted by Gasteiger charge is -2.25. The van der Waals surface area contributed by atoms with Crippen LogP contribution in [0, 0.1) is 0 Å². The third kappa shape index (κ3) is 4.36. The van der Waals surface area contributed by atoms with Gasteiger partial charge in [-0.25, -0.2) is 0 Å². The van der Waals surface area contributed by atoms with E-state index >= 15 is 0 Å². The summed E-state index contributed by atoms with van der Waals surface area (Å²) in [6.07, 6.45) is 0. The lowest BCUT2D eigenvalue weighted by Crippen LogP contribution is -2.16. The number of rotatable bonds is 3. The topological polar surface area (TPSA) is 0 Å². The highest BCUT2D eigenvalue weighted by Crippen LogP contribution is 2.54. The van der Waals surface area contributed by atoms with Crippen LogP contribution in [0.25, 0.3) is 98.4 Å². The Balaban J connectivity index is 1.16. The van der Waals surface area contributed by atoms with Crippen molar-refractivity contribution in [2.45, 2.75) is 19.3 Å². The van der Waals surface area contributed by atoms with Crippen LogP contribution in [0.4, 0.5) is 0 Å². The van der Waals surface area contributed by atoms with Crippen molar-refractivity contribution in [2.24, 2.45) is 0 Å². The second kappa shape index (κ2) is 11.2. The Hall–Kier alpha value is -6.50. The van der Waals surface area contributed by atoms with Crippen molar-refractivity contribution in [3.8, 4) is 44.5 Å². The van der Waals surface area contributed by atoms with Gasteiger partial charge in [-0.1, -0.05) is 172 Å². The molecule has 0 aromatic heterocycles. The van der Waals surface area contributed by atoms with Crippen LogP contribution in [0.2, 0.25) is 0 Å². The van der Waals surface area contributed by atoms with Gasteiger partial charge >= 0.3 is 0 Å². The smallest absolute Gasteiger partial charge is 0.0165 e. The largest absolute Gasteiger partial charge is 0.0616 e. The molecule has 0 saturated heterocycles. The van der Waals surface area contributed by atoms with E-state index in [1.807, 2.05) is 0 Å². The van der Waals surface area contributed by atoms with Crippen LogP contribution in [-0.2, 0) is 5.41 Å². The minimum absolute atomic E-state index is 0.134. The van der Waals surface area contributed by atoms with E-state index in [1.165, 1.54) is 109 Å². The molecule has 10 aromatic rings. The van der Waals surface area contributed by atoms with Gasteiger partial charge in [0.2, 0.25) is 0 Å². The zero-order valence-corrected chi connectivity index (χ0v) is 29.8. The molecule has 248 valence electrons. The van der Waals surface area contributed by atoms with Gasteiger partial charge in [-0.3, -0.25) is 0 Å². The Morgan fingerprint density at radius 2 is 0.792 bits per heavy atom. The molecule has 0 spiro atoms. The van der Waals surface area contributed by atoms with Crippen molar-refractivity contribution in [3.05, 3.63) is 193 Å². The van der Waals surface area contributed by atoms with E-state index in [0.29, 0.717) is 0 Å². The van der Waals surface area contributed by atoms with Gasteiger partial charge in [-0.05, 0) is 134 Å². The SMILES string of the molecule is CC1(C)c2cc3ccccc3cc2-c2cccc(-c3cccc(-c4c5ccccc5c(-c5cc6ccccc6c6ccccc56)c5ccccc45)c3)c21. The average Bonchev–Trinajstić information content (AvgIpc) is 3.44. The number of benzene rings is 10. The van der Waals surface area contributed by atoms with E-state index in [2.05, 4.69) is 196 Å². The molecule has 0 unspecified atom stereocenters. The summed E-state index contributed by atoms with van der Waals surface area (Å²) >= 11 is 0. The number of fused-ring (bicyclic) bond motifs is 9. The fourth-order valence-electron chi connectivity index (χ4n) is 9.64. The zero-order valence-electron chi connectivity index (χ0n) is 29.8. The lowest BCUT2D eigenvalue weighted by molar-refractivity contribution is 0.663. The molecule has 0 atom stereocenters. The van der Waals surface area contributed by atoms with Crippen molar-refractivity contribution in [3.63, 3.8) is 0 Å². The summed E-state index contributed by atoms with van der Waals surface area (Å²) in [6.45, 7) is 4.80. The van der Waals surface area contributed by atoms with Crippen LogP contribution in [0.5, 0.6) is 0 Å². The van der Waals surface area contributed by atoms with Crippen LogP contribution >= 0.6 is 0 Å². The molecule has 53 heavy (non-hydrogen) atoms. The van der Waals surface area contributed by atoms with Crippen molar-refractivity contribution in [1.82, 2.24) is 0 Å².